The van der Waals surface area contributed by atoms with Crippen molar-refractivity contribution in [2.45, 2.75) is 19.6 Å². The summed E-state index contributed by atoms with van der Waals surface area (Å²) in [5, 5.41) is 15.3. The molecule has 20 heavy (non-hydrogen) atoms. The van der Waals surface area contributed by atoms with Gasteiger partial charge in [0.05, 0.1) is 30.1 Å². The number of aliphatic hydroxyl groups is 1. The zero-order valence-electron chi connectivity index (χ0n) is 11.3. The van der Waals surface area contributed by atoms with Crippen molar-refractivity contribution < 1.29 is 9.84 Å². The van der Waals surface area contributed by atoms with E-state index in [1.54, 1.807) is 18.0 Å². The van der Waals surface area contributed by atoms with Gasteiger partial charge in [-0.05, 0) is 24.1 Å². The molecule has 2 rings (SSSR count). The molecule has 1 atom stereocenters. The van der Waals surface area contributed by atoms with E-state index in [-0.39, 0.29) is 0 Å². The SMILES string of the molecule is COCCn1ncc(Cl)c1C(O)c1cccc(Br)c1C. The second-order valence-corrected chi connectivity index (χ2v) is 5.71. The zero-order valence-corrected chi connectivity index (χ0v) is 13.6. The number of hydrogen-bond donors (Lipinski definition) is 1. The summed E-state index contributed by atoms with van der Waals surface area (Å²) in [6, 6.07) is 5.71. The molecule has 0 aliphatic carbocycles. The van der Waals surface area contributed by atoms with Crippen molar-refractivity contribution in [3.05, 3.63) is 50.7 Å². The number of hydrogen-bond acceptors (Lipinski definition) is 3. The second kappa shape index (κ2) is 6.72. The number of nitrogens with zero attached hydrogens (tertiary/aromatic N) is 2. The number of halogens is 2. The minimum absolute atomic E-state index is 0.452. The van der Waals surface area contributed by atoms with E-state index in [2.05, 4.69) is 21.0 Å². The summed E-state index contributed by atoms with van der Waals surface area (Å²) in [6.45, 7) is 3.00. The van der Waals surface area contributed by atoms with E-state index in [0.29, 0.717) is 23.9 Å². The molecule has 0 spiro atoms. The largest absolute Gasteiger partial charge is 0.383 e. The molecule has 0 aliphatic rings. The molecule has 4 nitrogen and oxygen atoms in total. The lowest BCUT2D eigenvalue weighted by Crippen LogP contribution is -2.14. The predicted molar refractivity (Wildman–Crippen MR) is 82.1 cm³/mol. The number of aromatic nitrogens is 2. The van der Waals surface area contributed by atoms with Gasteiger partial charge in [-0.2, -0.15) is 5.10 Å². The maximum absolute atomic E-state index is 10.6. The van der Waals surface area contributed by atoms with Crippen molar-refractivity contribution in [3.63, 3.8) is 0 Å². The Hall–Kier alpha value is -0.880. The quantitative estimate of drug-likeness (QED) is 0.890. The molecule has 0 saturated carbocycles. The van der Waals surface area contributed by atoms with Crippen LogP contribution in [0.1, 0.15) is 22.9 Å². The van der Waals surface area contributed by atoms with E-state index in [0.717, 1.165) is 15.6 Å². The first-order valence-electron chi connectivity index (χ1n) is 6.19. The number of benzene rings is 1. The van der Waals surface area contributed by atoms with Gasteiger partial charge < -0.3 is 9.84 Å². The first-order valence-corrected chi connectivity index (χ1v) is 7.36. The Morgan fingerprint density at radius 3 is 2.95 bits per heavy atom. The van der Waals surface area contributed by atoms with Crippen molar-refractivity contribution in [1.29, 1.82) is 0 Å². The van der Waals surface area contributed by atoms with Crippen molar-refractivity contribution in [3.8, 4) is 0 Å². The molecule has 108 valence electrons. The Bertz CT molecular complexity index is 601. The van der Waals surface area contributed by atoms with Gasteiger partial charge in [-0.1, -0.05) is 39.7 Å². The van der Waals surface area contributed by atoms with Gasteiger partial charge >= 0.3 is 0 Å². The Morgan fingerprint density at radius 1 is 1.50 bits per heavy atom. The van der Waals surface area contributed by atoms with Gasteiger partial charge in [-0.25, -0.2) is 0 Å². The Balaban J connectivity index is 2.40. The van der Waals surface area contributed by atoms with Gasteiger partial charge in [-0.15, -0.1) is 0 Å². The molecule has 1 aromatic carbocycles. The summed E-state index contributed by atoms with van der Waals surface area (Å²) < 4.78 is 7.67. The van der Waals surface area contributed by atoms with Crippen LogP contribution in [0.15, 0.2) is 28.9 Å². The first-order chi connectivity index (χ1) is 9.56. The molecular weight excluding hydrogens is 344 g/mol. The molecule has 0 fully saturated rings. The highest BCUT2D eigenvalue weighted by molar-refractivity contribution is 9.10. The van der Waals surface area contributed by atoms with E-state index >= 15 is 0 Å². The fourth-order valence-corrected chi connectivity index (χ4v) is 2.69. The molecule has 0 bridgehead atoms. The van der Waals surface area contributed by atoms with Crippen LogP contribution in [0.2, 0.25) is 5.02 Å². The average molecular weight is 360 g/mol. The monoisotopic (exact) mass is 358 g/mol. The van der Waals surface area contributed by atoms with E-state index < -0.39 is 6.10 Å². The number of methoxy groups -OCH3 is 1. The summed E-state index contributed by atoms with van der Waals surface area (Å²) in [4.78, 5) is 0. The molecule has 0 aliphatic heterocycles. The fourth-order valence-electron chi connectivity index (χ4n) is 2.07. The molecule has 1 heterocycles. The third-order valence-electron chi connectivity index (χ3n) is 3.20. The average Bonchev–Trinajstić information content (AvgIpc) is 2.80. The molecule has 1 unspecified atom stereocenters. The van der Waals surface area contributed by atoms with E-state index in [9.17, 15) is 5.11 Å². The van der Waals surface area contributed by atoms with Crippen LogP contribution in [0.5, 0.6) is 0 Å². The van der Waals surface area contributed by atoms with Gasteiger partial charge in [0.25, 0.3) is 0 Å². The predicted octanol–water partition coefficient (Wildman–Crippen LogP) is 3.34. The van der Waals surface area contributed by atoms with Gasteiger partial charge in [0.1, 0.15) is 6.10 Å². The Kier molecular flexibility index (Phi) is 5.21. The third-order valence-corrected chi connectivity index (χ3v) is 4.35. The van der Waals surface area contributed by atoms with Crippen LogP contribution in [0, 0.1) is 6.92 Å². The number of rotatable bonds is 5. The van der Waals surface area contributed by atoms with Gasteiger partial charge in [0, 0.05) is 11.6 Å². The van der Waals surface area contributed by atoms with Crippen LogP contribution in [-0.4, -0.2) is 28.6 Å². The lowest BCUT2D eigenvalue weighted by Gasteiger charge is -2.17. The number of ether oxygens (including phenoxy) is 1. The maximum atomic E-state index is 10.6. The van der Waals surface area contributed by atoms with Gasteiger partial charge in [0.15, 0.2) is 0 Å². The summed E-state index contributed by atoms with van der Waals surface area (Å²) in [6.07, 6.45) is 0.725. The van der Waals surface area contributed by atoms with Crippen LogP contribution >= 0.6 is 27.5 Å². The second-order valence-electron chi connectivity index (χ2n) is 4.45. The van der Waals surface area contributed by atoms with Crippen LogP contribution in [0.4, 0.5) is 0 Å². The molecule has 2 aromatic rings. The highest BCUT2D eigenvalue weighted by Crippen LogP contribution is 2.32. The van der Waals surface area contributed by atoms with Crippen molar-refractivity contribution in [1.82, 2.24) is 9.78 Å². The summed E-state index contributed by atoms with van der Waals surface area (Å²) in [5.74, 6) is 0. The molecule has 0 saturated heterocycles. The van der Waals surface area contributed by atoms with Gasteiger partial charge in [0.2, 0.25) is 0 Å². The molecule has 1 N–H and O–H groups in total. The van der Waals surface area contributed by atoms with Crippen molar-refractivity contribution in [2.75, 3.05) is 13.7 Å². The summed E-state index contributed by atoms with van der Waals surface area (Å²) in [5.41, 5.74) is 2.38. The normalized spacial score (nSPS) is 12.7. The topological polar surface area (TPSA) is 47.3 Å². The molecular formula is C14H16BrClN2O2. The van der Waals surface area contributed by atoms with E-state index in [1.807, 2.05) is 25.1 Å². The van der Waals surface area contributed by atoms with Crippen molar-refractivity contribution in [2.24, 2.45) is 0 Å². The lowest BCUT2D eigenvalue weighted by molar-refractivity contribution is 0.171. The minimum Gasteiger partial charge on any atom is -0.383 e. The highest BCUT2D eigenvalue weighted by Gasteiger charge is 2.21. The van der Waals surface area contributed by atoms with Crippen LogP contribution in [0.3, 0.4) is 0 Å². The lowest BCUT2D eigenvalue weighted by atomic mass is 10.0. The molecule has 1 aromatic heterocycles. The Morgan fingerprint density at radius 2 is 2.25 bits per heavy atom. The minimum atomic E-state index is -0.820. The zero-order chi connectivity index (χ0) is 14.7. The smallest absolute Gasteiger partial charge is 0.122 e. The van der Waals surface area contributed by atoms with Crippen molar-refractivity contribution >= 4 is 27.5 Å². The van der Waals surface area contributed by atoms with Crippen LogP contribution in [0.25, 0.3) is 0 Å². The van der Waals surface area contributed by atoms with Gasteiger partial charge in [-0.3, -0.25) is 4.68 Å². The van der Waals surface area contributed by atoms with Crippen LogP contribution < -0.4 is 0 Å². The maximum Gasteiger partial charge on any atom is 0.122 e. The van der Waals surface area contributed by atoms with E-state index in [1.165, 1.54) is 0 Å². The fraction of sp³-hybridized carbons (Fsp3) is 0.357. The summed E-state index contributed by atoms with van der Waals surface area (Å²) in [7, 11) is 1.62. The standard InChI is InChI=1S/C14H16BrClN2O2/c1-9-10(4-3-5-11(9)15)14(19)13-12(16)8-17-18(13)6-7-20-2/h3-5,8,14,19H,6-7H2,1-2H3. The summed E-state index contributed by atoms with van der Waals surface area (Å²) >= 11 is 9.64. The third kappa shape index (κ3) is 3.06. The highest BCUT2D eigenvalue weighted by atomic mass is 79.9. The molecule has 0 amide bonds. The first kappa shape index (κ1) is 15.5. The molecule has 6 heteroatoms. The molecule has 0 radical (unpaired) electrons. The van der Waals surface area contributed by atoms with Crippen LogP contribution in [-0.2, 0) is 11.3 Å². The number of aliphatic hydroxyl groups excluding tert-OH is 1. The Labute approximate surface area is 131 Å². The van der Waals surface area contributed by atoms with E-state index in [4.69, 9.17) is 16.3 Å².